The minimum Gasteiger partial charge on any atom is -0.331 e. The average molecular weight is 290 g/mol. The van der Waals surface area contributed by atoms with Crippen LogP contribution in [0.2, 0.25) is 5.02 Å². The van der Waals surface area contributed by atoms with Gasteiger partial charge in [0, 0.05) is 11.2 Å². The highest BCUT2D eigenvalue weighted by molar-refractivity contribution is 7.71. The molecule has 96 valence electrons. The van der Waals surface area contributed by atoms with Crippen LogP contribution in [0.1, 0.15) is 11.3 Å². The van der Waals surface area contributed by atoms with Gasteiger partial charge in [0.25, 0.3) is 0 Å². The van der Waals surface area contributed by atoms with Crippen LogP contribution in [-0.4, -0.2) is 14.5 Å². The number of fused-ring (bicyclic) bond motifs is 1. The fraction of sp³-hybridized carbons (Fsp3) is 0.143. The van der Waals surface area contributed by atoms with Crippen molar-refractivity contribution in [2.45, 2.75) is 13.5 Å². The molecule has 2 aromatic heterocycles. The predicted octanol–water partition coefficient (Wildman–Crippen LogP) is 4.10. The van der Waals surface area contributed by atoms with Crippen molar-refractivity contribution in [3.05, 3.63) is 57.6 Å². The number of nitrogens with zero attached hydrogens (tertiary/aromatic N) is 2. The van der Waals surface area contributed by atoms with E-state index >= 15 is 0 Å². The standard InChI is InChI=1S/C14H12ClN3S/c1-9-3-2-6-16-12(9)8-18-13-5-4-10(15)7-11(13)17-14(18)19/h2-7H,8H2,1H3,(H,17,19). The van der Waals surface area contributed by atoms with Gasteiger partial charge in [-0.05, 0) is 49.0 Å². The summed E-state index contributed by atoms with van der Waals surface area (Å²) in [5.41, 5.74) is 4.17. The fourth-order valence-corrected chi connectivity index (χ4v) is 2.57. The Bertz CT molecular complexity index is 804. The number of benzene rings is 1. The first kappa shape index (κ1) is 12.4. The number of H-pyrrole nitrogens is 1. The molecule has 0 fully saturated rings. The normalized spacial score (nSPS) is 11.1. The lowest BCUT2D eigenvalue weighted by molar-refractivity contribution is 0.778. The Morgan fingerprint density at radius 3 is 3.00 bits per heavy atom. The van der Waals surface area contributed by atoms with E-state index < -0.39 is 0 Å². The van der Waals surface area contributed by atoms with Crippen LogP contribution >= 0.6 is 23.8 Å². The lowest BCUT2D eigenvalue weighted by Crippen LogP contribution is -2.03. The van der Waals surface area contributed by atoms with E-state index in [1.54, 1.807) is 6.20 Å². The molecule has 0 aliphatic carbocycles. The van der Waals surface area contributed by atoms with Crippen LogP contribution in [0.3, 0.4) is 0 Å². The first-order chi connectivity index (χ1) is 9.15. The van der Waals surface area contributed by atoms with E-state index in [2.05, 4.69) is 23.0 Å². The molecule has 0 saturated heterocycles. The van der Waals surface area contributed by atoms with Gasteiger partial charge in [0.2, 0.25) is 0 Å². The van der Waals surface area contributed by atoms with Gasteiger partial charge in [-0.3, -0.25) is 4.98 Å². The predicted molar refractivity (Wildman–Crippen MR) is 80.2 cm³/mol. The molecule has 1 N–H and O–H groups in total. The second-order valence-corrected chi connectivity index (χ2v) is 5.27. The lowest BCUT2D eigenvalue weighted by atomic mass is 10.2. The van der Waals surface area contributed by atoms with E-state index in [9.17, 15) is 0 Å². The summed E-state index contributed by atoms with van der Waals surface area (Å²) in [5, 5.41) is 0.699. The van der Waals surface area contributed by atoms with Crippen molar-refractivity contribution in [3.63, 3.8) is 0 Å². The average Bonchev–Trinajstić information content (AvgIpc) is 2.68. The number of rotatable bonds is 2. The van der Waals surface area contributed by atoms with Crippen molar-refractivity contribution in [1.82, 2.24) is 14.5 Å². The summed E-state index contributed by atoms with van der Waals surface area (Å²) in [4.78, 5) is 7.58. The van der Waals surface area contributed by atoms with E-state index in [0.717, 1.165) is 22.3 Å². The summed E-state index contributed by atoms with van der Waals surface area (Å²) in [6, 6.07) is 9.72. The molecule has 0 spiro atoms. The van der Waals surface area contributed by atoms with Gasteiger partial charge in [0.05, 0.1) is 23.3 Å². The van der Waals surface area contributed by atoms with Crippen LogP contribution in [-0.2, 0) is 6.54 Å². The summed E-state index contributed by atoms with van der Waals surface area (Å²) in [7, 11) is 0. The van der Waals surface area contributed by atoms with E-state index in [1.165, 1.54) is 0 Å². The van der Waals surface area contributed by atoms with Gasteiger partial charge in [0.1, 0.15) is 0 Å². The first-order valence-electron chi connectivity index (χ1n) is 5.94. The zero-order valence-electron chi connectivity index (χ0n) is 10.4. The van der Waals surface area contributed by atoms with Gasteiger partial charge < -0.3 is 9.55 Å². The molecule has 1 aromatic carbocycles. The Balaban J connectivity index is 2.13. The largest absolute Gasteiger partial charge is 0.331 e. The van der Waals surface area contributed by atoms with Gasteiger partial charge in [-0.25, -0.2) is 0 Å². The summed E-state index contributed by atoms with van der Waals surface area (Å²) >= 11 is 11.4. The number of nitrogens with one attached hydrogen (secondary N) is 1. The van der Waals surface area contributed by atoms with Crippen molar-refractivity contribution >= 4 is 34.9 Å². The van der Waals surface area contributed by atoms with Gasteiger partial charge >= 0.3 is 0 Å². The third kappa shape index (κ3) is 2.29. The van der Waals surface area contributed by atoms with Gasteiger partial charge in [-0.1, -0.05) is 17.7 Å². The molecule has 5 heteroatoms. The molecule has 3 aromatic rings. The molecule has 3 rings (SSSR count). The second kappa shape index (κ2) is 4.79. The number of hydrogen-bond donors (Lipinski definition) is 1. The highest BCUT2D eigenvalue weighted by atomic mass is 35.5. The van der Waals surface area contributed by atoms with Crippen LogP contribution in [0.15, 0.2) is 36.5 Å². The molecule has 0 saturated carbocycles. The molecule has 0 aliphatic heterocycles. The number of halogens is 1. The monoisotopic (exact) mass is 289 g/mol. The fourth-order valence-electron chi connectivity index (χ4n) is 2.13. The van der Waals surface area contributed by atoms with Crippen LogP contribution in [0.25, 0.3) is 11.0 Å². The molecule has 0 bridgehead atoms. The highest BCUT2D eigenvalue weighted by Gasteiger charge is 2.07. The van der Waals surface area contributed by atoms with Gasteiger partial charge in [0.15, 0.2) is 4.77 Å². The maximum atomic E-state index is 5.99. The summed E-state index contributed by atoms with van der Waals surface area (Å²) in [5.74, 6) is 0. The zero-order valence-corrected chi connectivity index (χ0v) is 11.9. The molecule has 0 unspecified atom stereocenters. The number of pyridine rings is 1. The molecular formula is C14H12ClN3S. The Morgan fingerprint density at radius 2 is 2.21 bits per heavy atom. The Kier molecular flexibility index (Phi) is 3.12. The summed E-state index contributed by atoms with van der Waals surface area (Å²) in [6.45, 7) is 2.71. The smallest absolute Gasteiger partial charge is 0.178 e. The molecule has 2 heterocycles. The number of hydrogen-bond acceptors (Lipinski definition) is 2. The number of aromatic nitrogens is 3. The zero-order chi connectivity index (χ0) is 13.4. The minimum atomic E-state index is 0.660. The molecule has 0 amide bonds. The number of aromatic amines is 1. The van der Waals surface area contributed by atoms with Crippen molar-refractivity contribution in [3.8, 4) is 0 Å². The number of aryl methyl sites for hydroxylation is 1. The lowest BCUT2D eigenvalue weighted by Gasteiger charge is -2.06. The molecular weight excluding hydrogens is 278 g/mol. The Morgan fingerprint density at radius 1 is 1.37 bits per heavy atom. The van der Waals surface area contributed by atoms with Gasteiger partial charge in [-0.2, -0.15) is 0 Å². The van der Waals surface area contributed by atoms with E-state index in [4.69, 9.17) is 23.8 Å². The minimum absolute atomic E-state index is 0.660. The van der Waals surface area contributed by atoms with E-state index in [-0.39, 0.29) is 0 Å². The first-order valence-corrected chi connectivity index (χ1v) is 6.72. The maximum absolute atomic E-state index is 5.99. The highest BCUT2D eigenvalue weighted by Crippen LogP contribution is 2.20. The van der Waals surface area contributed by atoms with Crippen LogP contribution < -0.4 is 0 Å². The number of imidazole rings is 1. The molecule has 0 aliphatic rings. The summed E-state index contributed by atoms with van der Waals surface area (Å²) in [6.07, 6.45) is 1.80. The molecule has 0 atom stereocenters. The topological polar surface area (TPSA) is 33.6 Å². The quantitative estimate of drug-likeness (QED) is 0.721. The second-order valence-electron chi connectivity index (χ2n) is 4.44. The van der Waals surface area contributed by atoms with E-state index in [0.29, 0.717) is 16.3 Å². The SMILES string of the molecule is Cc1cccnc1Cn1c(=S)[nH]c2cc(Cl)ccc21. The molecule has 19 heavy (non-hydrogen) atoms. The third-order valence-corrected chi connectivity index (χ3v) is 3.72. The maximum Gasteiger partial charge on any atom is 0.178 e. The van der Waals surface area contributed by atoms with Crippen LogP contribution in [0.5, 0.6) is 0 Å². The van der Waals surface area contributed by atoms with Crippen molar-refractivity contribution in [2.75, 3.05) is 0 Å². The third-order valence-electron chi connectivity index (χ3n) is 3.16. The molecule has 3 nitrogen and oxygen atoms in total. The Hall–Kier alpha value is -1.65. The summed E-state index contributed by atoms with van der Waals surface area (Å²) < 4.78 is 2.72. The van der Waals surface area contributed by atoms with Crippen LogP contribution in [0, 0.1) is 11.7 Å². The van der Waals surface area contributed by atoms with E-state index in [1.807, 2.05) is 28.8 Å². The van der Waals surface area contributed by atoms with Crippen LogP contribution in [0.4, 0.5) is 0 Å². The van der Waals surface area contributed by atoms with Crippen molar-refractivity contribution in [1.29, 1.82) is 0 Å². The van der Waals surface area contributed by atoms with Gasteiger partial charge in [-0.15, -0.1) is 0 Å². The van der Waals surface area contributed by atoms with Crippen molar-refractivity contribution in [2.24, 2.45) is 0 Å². The molecule has 0 radical (unpaired) electrons. The van der Waals surface area contributed by atoms with Crippen molar-refractivity contribution < 1.29 is 0 Å². The Labute approximate surface area is 120 Å².